The zero-order chi connectivity index (χ0) is 35.9. The third-order valence-corrected chi connectivity index (χ3v) is 8.45. The fraction of sp³-hybridized carbons (Fsp3) is 0.333. The minimum absolute atomic E-state index is 0.0228. The van der Waals surface area contributed by atoms with E-state index in [2.05, 4.69) is 25.7 Å². The van der Waals surface area contributed by atoms with Gasteiger partial charge < -0.3 is 14.6 Å². The molecule has 1 aliphatic rings. The normalized spacial score (nSPS) is 16.9. The highest BCUT2D eigenvalue weighted by Crippen LogP contribution is 2.39. The summed E-state index contributed by atoms with van der Waals surface area (Å²) in [5.41, 5.74) is -0.338. The van der Waals surface area contributed by atoms with Crippen LogP contribution in [0, 0.1) is 5.92 Å². The van der Waals surface area contributed by atoms with Gasteiger partial charge in [0.2, 0.25) is 5.91 Å². The molecule has 262 valence electrons. The number of halogens is 6. The third-order valence-electron chi connectivity index (χ3n) is 8.22. The summed E-state index contributed by atoms with van der Waals surface area (Å²) in [5.74, 6) is -0.668. The summed E-state index contributed by atoms with van der Waals surface area (Å²) in [6.07, 6.45) is 0.888. The number of fused-ring (bicyclic) bond motifs is 4. The smallest absolute Gasteiger partial charge is 0.436 e. The van der Waals surface area contributed by atoms with Crippen LogP contribution in [-0.2, 0) is 11.0 Å². The van der Waals surface area contributed by atoms with Gasteiger partial charge in [0, 0.05) is 39.9 Å². The van der Waals surface area contributed by atoms with Crippen molar-refractivity contribution in [3.63, 3.8) is 0 Å². The summed E-state index contributed by atoms with van der Waals surface area (Å²) in [7, 11) is 0. The minimum Gasteiger partial charge on any atom is -0.489 e. The average molecular weight is 717 g/mol. The Balaban J connectivity index is 1.52. The maximum Gasteiger partial charge on any atom is 0.436 e. The van der Waals surface area contributed by atoms with E-state index >= 15 is 0 Å². The largest absolute Gasteiger partial charge is 0.489 e. The molecule has 1 N–H and O–H groups in total. The number of rotatable bonds is 6. The van der Waals surface area contributed by atoms with E-state index in [-0.39, 0.29) is 44.9 Å². The van der Waals surface area contributed by atoms with Crippen molar-refractivity contribution in [2.45, 2.75) is 64.9 Å². The molecule has 17 heteroatoms. The molecule has 50 heavy (non-hydrogen) atoms. The van der Waals surface area contributed by atoms with Crippen LogP contribution in [0.5, 0.6) is 5.75 Å². The Labute approximate surface area is 286 Å². The number of alkyl halides is 5. The van der Waals surface area contributed by atoms with E-state index in [0.717, 1.165) is 10.9 Å². The van der Waals surface area contributed by atoms with E-state index in [0.29, 0.717) is 35.2 Å². The topological polar surface area (TPSA) is 122 Å². The van der Waals surface area contributed by atoms with Gasteiger partial charge in [-0.05, 0) is 57.0 Å². The van der Waals surface area contributed by atoms with Crippen molar-refractivity contribution in [2.75, 3.05) is 5.32 Å². The van der Waals surface area contributed by atoms with Gasteiger partial charge in [0.15, 0.2) is 5.69 Å². The maximum absolute atomic E-state index is 14.1. The first-order valence-electron chi connectivity index (χ1n) is 15.6. The van der Waals surface area contributed by atoms with Crippen molar-refractivity contribution < 1.29 is 31.5 Å². The van der Waals surface area contributed by atoms with Crippen LogP contribution in [0.1, 0.15) is 64.0 Å². The highest BCUT2D eigenvalue weighted by molar-refractivity contribution is 6.31. The van der Waals surface area contributed by atoms with Gasteiger partial charge in [-0.3, -0.25) is 14.6 Å². The number of hydrogen-bond acceptors (Lipinski definition) is 7. The molecule has 5 heterocycles. The molecule has 2 atom stereocenters. The van der Waals surface area contributed by atoms with Crippen LogP contribution in [0.3, 0.4) is 0 Å². The number of hydrogen-bond donors (Lipinski definition) is 1. The van der Waals surface area contributed by atoms with Gasteiger partial charge in [-0.1, -0.05) is 30.2 Å². The molecule has 0 spiro atoms. The summed E-state index contributed by atoms with van der Waals surface area (Å²) in [6.45, 7) is 2.24. The molecule has 1 amide bonds. The molecule has 0 saturated heterocycles. The predicted octanol–water partition coefficient (Wildman–Crippen LogP) is 7.56. The maximum atomic E-state index is 14.1. The highest BCUT2D eigenvalue weighted by atomic mass is 35.5. The Morgan fingerprint density at radius 1 is 1.04 bits per heavy atom. The molecule has 1 aliphatic heterocycles. The fourth-order valence-corrected chi connectivity index (χ4v) is 6.04. The molecular formula is C33H30ClF5N8O3. The van der Waals surface area contributed by atoms with Crippen LogP contribution in [0.4, 0.5) is 27.6 Å². The first kappa shape index (κ1) is 34.7. The van der Waals surface area contributed by atoms with Crippen LogP contribution < -0.4 is 15.6 Å². The number of nitrogens with one attached hydrogen (secondary N) is 1. The molecule has 2 unspecified atom stereocenters. The number of ether oxygens (including phenoxy) is 1. The van der Waals surface area contributed by atoms with E-state index in [1.165, 1.54) is 53.5 Å². The number of anilines is 1. The molecule has 11 nitrogen and oxygen atoms in total. The second-order valence-electron chi connectivity index (χ2n) is 12.1. The first-order chi connectivity index (χ1) is 23.7. The SMILES string of the molecule is CC(C)Oc1cn(C2CCCC(C)C(=O)Nc3cnn(C(F)F)c3-c3ccnc2c3)c(=O)cc1-c1cc(Cl)ccc1-n1cc(C(F)(F)F)nn1. The second kappa shape index (κ2) is 13.7. The fourth-order valence-electron chi connectivity index (χ4n) is 5.87. The van der Waals surface area contributed by atoms with Crippen molar-refractivity contribution in [3.05, 3.63) is 87.9 Å². The van der Waals surface area contributed by atoms with Crippen molar-refractivity contribution >= 4 is 23.2 Å². The van der Waals surface area contributed by atoms with Crippen LogP contribution in [0.2, 0.25) is 5.02 Å². The standard InChI is InChI=1S/C33H30ClF5N8O3/c1-17(2)50-27-15-45(29(48)13-22(27)21-12-20(34)7-8-25(21)46-16-28(43-44-46)33(37,38)39)26-6-4-5-18(3)31(49)42-24-14-41-47(32(35)36)30(24)19-9-10-40-23(26)11-19/h7-18,26,32H,4-6H2,1-3H3,(H,42,49). The Bertz CT molecular complexity index is 2110. The summed E-state index contributed by atoms with van der Waals surface area (Å²) in [5, 5.41) is 13.7. The van der Waals surface area contributed by atoms with E-state index < -0.39 is 42.0 Å². The Morgan fingerprint density at radius 3 is 2.52 bits per heavy atom. The Morgan fingerprint density at radius 2 is 1.82 bits per heavy atom. The minimum atomic E-state index is -4.74. The lowest BCUT2D eigenvalue weighted by molar-refractivity contribution is -0.141. The van der Waals surface area contributed by atoms with Gasteiger partial charge >= 0.3 is 12.7 Å². The summed E-state index contributed by atoms with van der Waals surface area (Å²) >= 11 is 6.35. The Kier molecular flexibility index (Phi) is 9.48. The van der Waals surface area contributed by atoms with E-state index in [1.54, 1.807) is 26.8 Å². The third kappa shape index (κ3) is 6.97. The molecule has 0 fully saturated rings. The van der Waals surface area contributed by atoms with Gasteiger partial charge in [-0.15, -0.1) is 5.10 Å². The molecule has 1 aromatic carbocycles. The summed E-state index contributed by atoms with van der Waals surface area (Å²) in [4.78, 5) is 31.7. The van der Waals surface area contributed by atoms with Crippen molar-refractivity contribution in [1.29, 1.82) is 0 Å². The zero-order valence-corrected chi connectivity index (χ0v) is 27.6. The number of carbonyl (C=O) groups excluding carboxylic acids is 1. The molecule has 6 rings (SSSR count). The number of pyridine rings is 2. The molecule has 4 aromatic heterocycles. The molecule has 0 saturated carbocycles. The first-order valence-corrected chi connectivity index (χ1v) is 15.9. The van der Waals surface area contributed by atoms with Crippen LogP contribution in [-0.4, -0.2) is 46.3 Å². The molecule has 0 aliphatic carbocycles. The van der Waals surface area contributed by atoms with Crippen molar-refractivity contribution in [1.82, 2.24) is 34.3 Å². The number of aromatic nitrogens is 7. The molecule has 2 bridgehead atoms. The lowest BCUT2D eigenvalue weighted by Crippen LogP contribution is -2.27. The summed E-state index contributed by atoms with van der Waals surface area (Å²) < 4.78 is 77.4. The van der Waals surface area contributed by atoms with Crippen LogP contribution >= 0.6 is 11.6 Å². The van der Waals surface area contributed by atoms with Gasteiger partial charge in [0.25, 0.3) is 5.56 Å². The van der Waals surface area contributed by atoms with Crippen LogP contribution in [0.25, 0.3) is 28.1 Å². The van der Waals surface area contributed by atoms with Gasteiger partial charge in [-0.2, -0.15) is 27.1 Å². The summed E-state index contributed by atoms with van der Waals surface area (Å²) in [6, 6.07) is 8.03. The van der Waals surface area contributed by atoms with E-state index in [1.807, 2.05) is 0 Å². The predicted molar refractivity (Wildman–Crippen MR) is 173 cm³/mol. The van der Waals surface area contributed by atoms with Crippen molar-refractivity contribution in [3.8, 4) is 33.8 Å². The highest BCUT2D eigenvalue weighted by Gasteiger charge is 2.35. The number of amides is 1. The van der Waals surface area contributed by atoms with Crippen molar-refractivity contribution in [2.24, 2.45) is 5.92 Å². The zero-order valence-electron chi connectivity index (χ0n) is 26.8. The number of benzene rings is 1. The van der Waals surface area contributed by atoms with Crippen LogP contribution in [0.15, 0.2) is 66.0 Å². The molecular weight excluding hydrogens is 687 g/mol. The average Bonchev–Trinajstić information content (AvgIpc) is 3.72. The molecule has 0 radical (unpaired) electrons. The number of carbonyl (C=O) groups is 1. The van der Waals surface area contributed by atoms with Gasteiger partial charge in [0.05, 0.1) is 53.5 Å². The quantitative estimate of drug-likeness (QED) is 0.180. The van der Waals surface area contributed by atoms with E-state index in [9.17, 15) is 31.5 Å². The monoisotopic (exact) mass is 716 g/mol. The van der Waals surface area contributed by atoms with Gasteiger partial charge in [0.1, 0.15) is 5.75 Å². The lowest BCUT2D eigenvalue weighted by atomic mass is 9.96. The lowest BCUT2D eigenvalue weighted by Gasteiger charge is -2.24. The Hall–Kier alpha value is -5.12. The van der Waals surface area contributed by atoms with E-state index in [4.69, 9.17) is 16.3 Å². The second-order valence-corrected chi connectivity index (χ2v) is 12.5. The number of nitrogens with zero attached hydrogens (tertiary/aromatic N) is 7. The van der Waals surface area contributed by atoms with Gasteiger partial charge in [-0.25, -0.2) is 9.36 Å². The molecule has 5 aromatic rings.